The Morgan fingerprint density at radius 1 is 0.385 bits per heavy atom. The van der Waals surface area contributed by atoms with Crippen molar-refractivity contribution in [3.63, 3.8) is 0 Å². The number of rotatable bonds is 2. The Balaban J connectivity index is 1.26. The van der Waals surface area contributed by atoms with E-state index in [9.17, 15) is 0 Å². The summed E-state index contributed by atoms with van der Waals surface area (Å²) < 4.78 is 15.3. The molecule has 0 radical (unpaired) electrons. The number of para-hydroxylation sites is 4. The van der Waals surface area contributed by atoms with E-state index in [1.54, 1.807) is 0 Å². The zero-order chi connectivity index (χ0) is 25.5. The van der Waals surface area contributed by atoms with Crippen LogP contribution < -0.4 is 0 Å². The summed E-state index contributed by atoms with van der Waals surface area (Å²) in [7, 11) is 0. The first kappa shape index (κ1) is 21.1. The highest BCUT2D eigenvalue weighted by Gasteiger charge is 2.16. The maximum Gasteiger partial charge on any atom is 0.143 e. The predicted octanol–water partition coefficient (Wildman–Crippen LogP) is 11.2. The quantitative estimate of drug-likeness (QED) is 0.228. The molecule has 3 heteroatoms. The second-order valence-corrected chi connectivity index (χ2v) is 11.2. The van der Waals surface area contributed by atoms with Gasteiger partial charge in [0.15, 0.2) is 0 Å². The van der Waals surface area contributed by atoms with Gasteiger partial charge in [-0.1, -0.05) is 84.9 Å². The molecule has 0 bridgehead atoms. The average molecular weight is 517 g/mol. The Bertz CT molecular complexity index is 2230. The van der Waals surface area contributed by atoms with Crippen LogP contribution >= 0.6 is 11.3 Å². The molecule has 39 heavy (non-hydrogen) atoms. The van der Waals surface area contributed by atoms with Crippen LogP contribution in [-0.4, -0.2) is 0 Å². The summed E-state index contributed by atoms with van der Waals surface area (Å²) in [5.41, 5.74) is 8.29. The summed E-state index contributed by atoms with van der Waals surface area (Å²) >= 11 is 1.84. The van der Waals surface area contributed by atoms with Gasteiger partial charge in [0.1, 0.15) is 22.3 Å². The lowest BCUT2D eigenvalue weighted by Crippen LogP contribution is -1.80. The predicted molar refractivity (Wildman–Crippen MR) is 165 cm³/mol. The van der Waals surface area contributed by atoms with Crippen LogP contribution in [0.15, 0.2) is 130 Å². The van der Waals surface area contributed by atoms with Gasteiger partial charge in [0, 0.05) is 52.8 Å². The minimum absolute atomic E-state index is 0.923. The molecule has 0 atom stereocenters. The van der Waals surface area contributed by atoms with Crippen LogP contribution in [0, 0.1) is 0 Å². The molecule has 0 saturated heterocycles. The first-order valence-corrected chi connectivity index (χ1v) is 13.9. The number of thiophene rings is 1. The van der Waals surface area contributed by atoms with Crippen molar-refractivity contribution in [2.75, 3.05) is 0 Å². The van der Waals surface area contributed by atoms with Crippen molar-refractivity contribution < 1.29 is 8.83 Å². The van der Waals surface area contributed by atoms with E-state index in [-0.39, 0.29) is 0 Å². The summed E-state index contributed by atoms with van der Waals surface area (Å²) in [6.45, 7) is 0. The lowest BCUT2D eigenvalue weighted by Gasteiger charge is -2.05. The van der Waals surface area contributed by atoms with Gasteiger partial charge in [0.2, 0.25) is 0 Å². The van der Waals surface area contributed by atoms with Crippen LogP contribution in [0.4, 0.5) is 0 Å². The van der Waals surface area contributed by atoms with Gasteiger partial charge >= 0.3 is 0 Å². The molecule has 9 aromatic rings. The minimum Gasteiger partial charge on any atom is -0.455 e. The zero-order valence-corrected chi connectivity index (χ0v) is 21.6. The third-order valence-electron chi connectivity index (χ3n) is 7.90. The highest BCUT2D eigenvalue weighted by molar-refractivity contribution is 7.25. The van der Waals surface area contributed by atoms with E-state index in [1.807, 2.05) is 35.6 Å². The molecule has 182 valence electrons. The van der Waals surface area contributed by atoms with Gasteiger partial charge in [-0.3, -0.25) is 0 Å². The molecule has 0 spiro atoms. The molecule has 9 rings (SSSR count). The molecule has 0 N–H and O–H groups in total. The Kier molecular flexibility index (Phi) is 4.24. The molecular weight excluding hydrogens is 496 g/mol. The Morgan fingerprint density at radius 2 is 0.846 bits per heavy atom. The summed E-state index contributed by atoms with van der Waals surface area (Å²) in [6, 6.07) is 43.0. The van der Waals surface area contributed by atoms with Crippen LogP contribution in [0.2, 0.25) is 0 Å². The molecular formula is C36H20O2S. The monoisotopic (exact) mass is 516 g/mol. The van der Waals surface area contributed by atoms with Crippen LogP contribution in [0.3, 0.4) is 0 Å². The molecule has 0 amide bonds. The highest BCUT2D eigenvalue weighted by atomic mass is 32.1. The second kappa shape index (κ2) is 7.83. The van der Waals surface area contributed by atoms with E-state index in [4.69, 9.17) is 8.83 Å². The fourth-order valence-corrected chi connectivity index (χ4v) is 7.13. The van der Waals surface area contributed by atoms with Gasteiger partial charge in [-0.25, -0.2) is 0 Å². The minimum atomic E-state index is 0.923. The number of hydrogen-bond donors (Lipinski definition) is 0. The summed E-state index contributed by atoms with van der Waals surface area (Å²) in [5, 5.41) is 7.14. The molecule has 0 fully saturated rings. The van der Waals surface area contributed by atoms with Crippen molar-refractivity contribution in [2.45, 2.75) is 0 Å². The fourth-order valence-electron chi connectivity index (χ4n) is 6.06. The van der Waals surface area contributed by atoms with Crippen LogP contribution in [0.5, 0.6) is 0 Å². The normalized spacial score (nSPS) is 12.1. The van der Waals surface area contributed by atoms with E-state index in [2.05, 4.69) is 97.1 Å². The lowest BCUT2D eigenvalue weighted by atomic mass is 9.98. The third kappa shape index (κ3) is 3.02. The Morgan fingerprint density at radius 3 is 1.36 bits per heavy atom. The molecule has 0 aliphatic heterocycles. The number of benzene rings is 6. The summed E-state index contributed by atoms with van der Waals surface area (Å²) in [6.07, 6.45) is 0. The van der Waals surface area contributed by atoms with Crippen molar-refractivity contribution in [2.24, 2.45) is 0 Å². The van der Waals surface area contributed by atoms with Gasteiger partial charge in [-0.05, 0) is 47.5 Å². The van der Waals surface area contributed by atoms with E-state index < -0.39 is 0 Å². The first-order chi connectivity index (χ1) is 19.3. The molecule has 0 unspecified atom stereocenters. The molecule has 6 aromatic carbocycles. The van der Waals surface area contributed by atoms with E-state index in [0.717, 1.165) is 66.1 Å². The number of hydrogen-bond acceptors (Lipinski definition) is 3. The Hall–Kier alpha value is -4.86. The standard InChI is InChI=1S/C36H20O2S/c1-3-13-31-25(7-1)27-11-5-9-23(35(27)37-31)21-15-17-33-29(19-21)30-20-22(16-18-34(30)39-33)24-10-6-12-28-26-8-2-4-14-32(26)38-36(24)28/h1-20H. The fraction of sp³-hybridized carbons (Fsp3) is 0. The van der Waals surface area contributed by atoms with Crippen molar-refractivity contribution in [3.05, 3.63) is 121 Å². The lowest BCUT2D eigenvalue weighted by molar-refractivity contribution is 0.669. The van der Waals surface area contributed by atoms with E-state index in [0.29, 0.717) is 0 Å². The van der Waals surface area contributed by atoms with Crippen molar-refractivity contribution >= 4 is 75.4 Å². The maximum absolute atomic E-state index is 6.35. The van der Waals surface area contributed by atoms with Crippen LogP contribution in [-0.2, 0) is 0 Å². The average Bonchev–Trinajstić information content (AvgIpc) is 3.67. The largest absolute Gasteiger partial charge is 0.455 e. The molecule has 3 heterocycles. The van der Waals surface area contributed by atoms with Gasteiger partial charge in [0.25, 0.3) is 0 Å². The van der Waals surface area contributed by atoms with Gasteiger partial charge in [-0.15, -0.1) is 11.3 Å². The zero-order valence-electron chi connectivity index (χ0n) is 20.8. The first-order valence-electron chi connectivity index (χ1n) is 13.1. The summed E-state index contributed by atoms with van der Waals surface area (Å²) in [5.74, 6) is 0. The van der Waals surface area contributed by atoms with Crippen molar-refractivity contribution in [1.29, 1.82) is 0 Å². The van der Waals surface area contributed by atoms with Crippen LogP contribution in [0.1, 0.15) is 0 Å². The smallest absolute Gasteiger partial charge is 0.143 e. The molecule has 0 saturated carbocycles. The second-order valence-electron chi connectivity index (χ2n) is 10.1. The van der Waals surface area contributed by atoms with Crippen molar-refractivity contribution in [3.8, 4) is 22.3 Å². The highest BCUT2D eigenvalue weighted by Crippen LogP contribution is 2.42. The Labute approximate surface area is 227 Å². The van der Waals surface area contributed by atoms with Crippen LogP contribution in [0.25, 0.3) is 86.3 Å². The number of furan rings is 2. The van der Waals surface area contributed by atoms with Gasteiger partial charge < -0.3 is 8.83 Å². The summed E-state index contributed by atoms with van der Waals surface area (Å²) in [4.78, 5) is 0. The topological polar surface area (TPSA) is 26.3 Å². The third-order valence-corrected chi connectivity index (χ3v) is 9.05. The SMILES string of the molecule is c1ccc2c(c1)oc1c(-c3ccc4sc5ccc(-c6cccc7c6oc6ccccc67)cc5c4c3)cccc12. The van der Waals surface area contributed by atoms with E-state index >= 15 is 0 Å². The number of fused-ring (bicyclic) bond motifs is 9. The molecule has 2 nitrogen and oxygen atoms in total. The maximum atomic E-state index is 6.35. The molecule has 0 aliphatic carbocycles. The van der Waals surface area contributed by atoms with Crippen molar-refractivity contribution in [1.82, 2.24) is 0 Å². The molecule has 0 aliphatic rings. The van der Waals surface area contributed by atoms with Gasteiger partial charge in [0.05, 0.1) is 0 Å². The van der Waals surface area contributed by atoms with E-state index in [1.165, 1.54) is 20.2 Å². The van der Waals surface area contributed by atoms with Gasteiger partial charge in [-0.2, -0.15) is 0 Å². The molecule has 3 aromatic heterocycles.